The van der Waals surface area contributed by atoms with Crippen LogP contribution in [0.3, 0.4) is 0 Å². The molecule has 0 amide bonds. The summed E-state index contributed by atoms with van der Waals surface area (Å²) in [6.45, 7) is 5.18. The Hall–Kier alpha value is -1.25. The van der Waals surface area contributed by atoms with Gasteiger partial charge in [0.1, 0.15) is 6.67 Å². The Kier molecular flexibility index (Phi) is 1.64. The molecule has 2 aliphatic rings. The zero-order valence-electron chi connectivity index (χ0n) is 7.41. The van der Waals surface area contributed by atoms with E-state index in [4.69, 9.17) is 0 Å². The summed E-state index contributed by atoms with van der Waals surface area (Å²) in [6, 6.07) is 0. The minimum Gasteiger partial charge on any atom is -0.312 e. The summed E-state index contributed by atoms with van der Waals surface area (Å²) in [6.07, 6.45) is 6.36. The van der Waals surface area contributed by atoms with Crippen LogP contribution in [-0.4, -0.2) is 17.4 Å². The maximum Gasteiger partial charge on any atom is 0.154 e. The Morgan fingerprint density at radius 2 is 2.42 bits per heavy atom. The van der Waals surface area contributed by atoms with Gasteiger partial charge in [0.15, 0.2) is 5.84 Å². The van der Waals surface area contributed by atoms with Crippen LogP contribution in [0, 0.1) is 5.92 Å². The summed E-state index contributed by atoms with van der Waals surface area (Å²) in [5, 5.41) is 4.16. The van der Waals surface area contributed by atoms with Gasteiger partial charge in [0.05, 0.1) is 0 Å². The van der Waals surface area contributed by atoms with E-state index in [9.17, 15) is 0 Å². The van der Waals surface area contributed by atoms with Crippen molar-refractivity contribution in [2.45, 2.75) is 13.8 Å². The molecule has 64 valence electrons. The third-order valence-electron chi connectivity index (χ3n) is 2.14. The maximum atomic E-state index is 4.16. The Labute approximate surface area is 72.4 Å². The average Bonchev–Trinajstić information content (AvgIpc) is 2.49. The number of nitrogens with one attached hydrogen (secondary N) is 1. The second-order valence-corrected chi connectivity index (χ2v) is 3.37. The number of hydrogen-bond donors (Lipinski definition) is 1. The molecule has 2 rings (SSSR count). The number of nitrogens with zero attached hydrogens (tertiary/aromatic N) is 2. The fourth-order valence-corrected chi connectivity index (χ4v) is 1.31. The van der Waals surface area contributed by atoms with Gasteiger partial charge in [0.2, 0.25) is 0 Å². The van der Waals surface area contributed by atoms with Crippen LogP contribution in [0.1, 0.15) is 13.8 Å². The first-order valence-electron chi connectivity index (χ1n) is 4.24. The lowest BCUT2D eigenvalue weighted by Crippen LogP contribution is -2.25. The van der Waals surface area contributed by atoms with E-state index in [0.717, 1.165) is 12.5 Å². The van der Waals surface area contributed by atoms with Crippen LogP contribution in [0.4, 0.5) is 0 Å². The van der Waals surface area contributed by atoms with Crippen molar-refractivity contribution in [2.75, 3.05) is 6.67 Å². The van der Waals surface area contributed by atoms with Crippen LogP contribution >= 0.6 is 0 Å². The quantitative estimate of drug-likeness (QED) is 0.630. The number of rotatable bonds is 1. The van der Waals surface area contributed by atoms with Gasteiger partial charge in [0.25, 0.3) is 0 Å². The Morgan fingerprint density at radius 3 is 3.17 bits per heavy atom. The molecule has 0 spiro atoms. The summed E-state index contributed by atoms with van der Waals surface area (Å²) in [5.74, 6) is 1.60. The summed E-state index contributed by atoms with van der Waals surface area (Å²) in [7, 11) is 0. The molecule has 0 aromatic heterocycles. The molecular formula is C9H13N3. The topological polar surface area (TPSA) is 27.6 Å². The van der Waals surface area contributed by atoms with Gasteiger partial charge in [-0.15, -0.1) is 0 Å². The molecule has 2 aliphatic heterocycles. The van der Waals surface area contributed by atoms with Crippen LogP contribution in [0.2, 0.25) is 0 Å². The predicted molar refractivity (Wildman–Crippen MR) is 49.3 cm³/mol. The first kappa shape index (κ1) is 7.40. The molecule has 0 atom stereocenters. The van der Waals surface area contributed by atoms with Crippen molar-refractivity contribution < 1.29 is 0 Å². The second-order valence-electron chi connectivity index (χ2n) is 3.37. The number of fused-ring (bicyclic) bond motifs is 1. The first-order chi connectivity index (χ1) is 5.77. The molecule has 0 aliphatic carbocycles. The number of hydrazone groups is 1. The summed E-state index contributed by atoms with van der Waals surface area (Å²) in [5.41, 5.74) is 4.28. The van der Waals surface area contributed by atoms with Crippen molar-refractivity contribution in [3.05, 3.63) is 23.9 Å². The molecular weight excluding hydrogens is 150 g/mol. The lowest BCUT2D eigenvalue weighted by Gasteiger charge is -2.18. The highest BCUT2D eigenvalue weighted by Gasteiger charge is 2.16. The second kappa shape index (κ2) is 2.66. The van der Waals surface area contributed by atoms with E-state index in [1.54, 1.807) is 0 Å². The average molecular weight is 163 g/mol. The summed E-state index contributed by atoms with van der Waals surface area (Å²) in [4.78, 5) is 2.09. The van der Waals surface area contributed by atoms with Gasteiger partial charge in [-0.2, -0.15) is 5.10 Å². The maximum absolute atomic E-state index is 4.16. The van der Waals surface area contributed by atoms with E-state index in [-0.39, 0.29) is 0 Å². The van der Waals surface area contributed by atoms with E-state index in [2.05, 4.69) is 47.6 Å². The predicted octanol–water partition coefficient (Wildman–Crippen LogP) is 1.27. The van der Waals surface area contributed by atoms with Crippen molar-refractivity contribution >= 4 is 5.84 Å². The highest BCUT2D eigenvalue weighted by atomic mass is 15.5. The fourth-order valence-electron chi connectivity index (χ4n) is 1.31. The minimum atomic E-state index is 0.576. The third-order valence-corrected chi connectivity index (χ3v) is 2.14. The minimum absolute atomic E-state index is 0.576. The summed E-state index contributed by atoms with van der Waals surface area (Å²) < 4.78 is 0. The van der Waals surface area contributed by atoms with Gasteiger partial charge in [-0.3, -0.25) is 5.43 Å². The molecule has 1 N–H and O–H groups in total. The fraction of sp³-hybridized carbons (Fsp3) is 0.444. The molecule has 0 aromatic rings. The Balaban J connectivity index is 2.25. The molecule has 0 unspecified atom stereocenters. The van der Waals surface area contributed by atoms with E-state index >= 15 is 0 Å². The van der Waals surface area contributed by atoms with Crippen molar-refractivity contribution in [1.82, 2.24) is 10.3 Å². The highest BCUT2D eigenvalue weighted by Crippen LogP contribution is 2.17. The smallest absolute Gasteiger partial charge is 0.154 e. The number of allylic oxidation sites excluding steroid dienone is 2. The van der Waals surface area contributed by atoms with E-state index < -0.39 is 0 Å². The molecule has 12 heavy (non-hydrogen) atoms. The van der Waals surface area contributed by atoms with Crippen LogP contribution < -0.4 is 5.43 Å². The van der Waals surface area contributed by atoms with Crippen LogP contribution in [0.5, 0.6) is 0 Å². The Bertz CT molecular complexity index is 273. The van der Waals surface area contributed by atoms with Crippen LogP contribution in [0.15, 0.2) is 29.0 Å². The van der Waals surface area contributed by atoms with Crippen molar-refractivity contribution in [3.8, 4) is 0 Å². The van der Waals surface area contributed by atoms with E-state index in [1.165, 1.54) is 5.57 Å². The molecule has 3 heteroatoms. The largest absolute Gasteiger partial charge is 0.312 e. The lowest BCUT2D eigenvalue weighted by atomic mass is 10.0. The van der Waals surface area contributed by atoms with E-state index in [0.29, 0.717) is 5.92 Å². The summed E-state index contributed by atoms with van der Waals surface area (Å²) >= 11 is 0. The van der Waals surface area contributed by atoms with Gasteiger partial charge < -0.3 is 4.90 Å². The first-order valence-corrected chi connectivity index (χ1v) is 4.24. The van der Waals surface area contributed by atoms with E-state index in [1.807, 2.05) is 0 Å². The van der Waals surface area contributed by atoms with Crippen molar-refractivity contribution in [3.63, 3.8) is 0 Å². The molecule has 0 aromatic carbocycles. The van der Waals surface area contributed by atoms with Gasteiger partial charge in [-0.05, 0) is 23.6 Å². The molecule has 0 saturated carbocycles. The monoisotopic (exact) mass is 163 g/mol. The standard InChI is InChI=1S/C9H13N3/c1-7(2)8-3-4-12-6-10-11-9(12)5-8/h3-5,7,10H,6H2,1-2H3. The van der Waals surface area contributed by atoms with Gasteiger partial charge >= 0.3 is 0 Å². The number of amidine groups is 1. The lowest BCUT2D eigenvalue weighted by molar-refractivity contribution is 0.547. The zero-order chi connectivity index (χ0) is 8.55. The normalized spacial score (nSPS) is 20.4. The molecule has 0 saturated heterocycles. The SMILES string of the molecule is CC(C)C1=CC2=NNCN2C=C1. The molecule has 0 bridgehead atoms. The molecule has 3 nitrogen and oxygen atoms in total. The van der Waals surface area contributed by atoms with Crippen LogP contribution in [0.25, 0.3) is 0 Å². The zero-order valence-corrected chi connectivity index (χ0v) is 7.41. The van der Waals surface area contributed by atoms with Crippen LogP contribution in [-0.2, 0) is 0 Å². The highest BCUT2D eigenvalue weighted by molar-refractivity contribution is 5.96. The molecule has 0 fully saturated rings. The molecule has 0 radical (unpaired) electrons. The number of hydrogen-bond acceptors (Lipinski definition) is 3. The molecule has 2 heterocycles. The Morgan fingerprint density at radius 1 is 1.58 bits per heavy atom. The van der Waals surface area contributed by atoms with Crippen molar-refractivity contribution in [1.29, 1.82) is 0 Å². The van der Waals surface area contributed by atoms with Gasteiger partial charge in [0, 0.05) is 6.20 Å². The van der Waals surface area contributed by atoms with Crippen molar-refractivity contribution in [2.24, 2.45) is 11.0 Å². The van der Waals surface area contributed by atoms with Gasteiger partial charge in [-0.1, -0.05) is 13.8 Å². The third kappa shape index (κ3) is 1.11. The van der Waals surface area contributed by atoms with Gasteiger partial charge in [-0.25, -0.2) is 0 Å².